The second kappa shape index (κ2) is 7.75. The number of hydrogen-bond donors (Lipinski definition) is 0. The molecule has 0 N–H and O–H groups in total. The van der Waals surface area contributed by atoms with Crippen LogP contribution in [0.1, 0.15) is 32.6 Å². The van der Waals surface area contributed by atoms with Crippen molar-refractivity contribution in [1.82, 2.24) is 0 Å². The molecule has 0 saturated heterocycles. The molecule has 0 aromatic carbocycles. The van der Waals surface area contributed by atoms with Crippen LogP contribution in [-0.4, -0.2) is 8.76 Å². The van der Waals surface area contributed by atoms with E-state index in [9.17, 15) is 8.76 Å². The van der Waals surface area contributed by atoms with Crippen molar-refractivity contribution in [3.63, 3.8) is 0 Å². The van der Waals surface area contributed by atoms with Crippen LogP contribution in [0.25, 0.3) is 0 Å². The number of rotatable bonds is 6. The average molecular weight is 177 g/mol. The maximum atomic E-state index is 9.81. The van der Waals surface area contributed by atoms with Crippen molar-refractivity contribution in [2.24, 2.45) is 0 Å². The first kappa shape index (κ1) is 10.7. The molecule has 66 valence electrons. The third-order valence-electron chi connectivity index (χ3n) is 1.20. The monoisotopic (exact) mass is 177 g/mol. The van der Waals surface area contributed by atoms with Crippen LogP contribution < -0.4 is 0 Å². The Hall–Kier alpha value is -0.350. The summed E-state index contributed by atoms with van der Waals surface area (Å²) in [7, 11) is 0. The van der Waals surface area contributed by atoms with Crippen molar-refractivity contribution in [3.05, 3.63) is 12.3 Å². The van der Waals surface area contributed by atoms with E-state index in [1.807, 2.05) is 0 Å². The van der Waals surface area contributed by atoms with E-state index in [1.54, 1.807) is 6.08 Å². The molecule has 0 fully saturated rings. The summed E-state index contributed by atoms with van der Waals surface area (Å²) in [6.45, 7) is 2.12. The van der Waals surface area contributed by atoms with Crippen molar-refractivity contribution in [2.45, 2.75) is 32.6 Å². The molecule has 11 heavy (non-hydrogen) atoms. The first-order valence-corrected chi connectivity index (χ1v) is 4.68. The predicted octanol–water partition coefficient (Wildman–Crippen LogP) is 1.89. The molecular formula is C7H13O3S-. The molecule has 0 amide bonds. The molecule has 0 aromatic rings. The zero-order chi connectivity index (χ0) is 8.53. The van der Waals surface area contributed by atoms with Crippen molar-refractivity contribution in [2.75, 3.05) is 0 Å². The molecule has 0 aliphatic carbocycles. The van der Waals surface area contributed by atoms with Gasteiger partial charge in [-0.2, -0.15) is 0 Å². The zero-order valence-electron chi connectivity index (χ0n) is 6.62. The molecular weight excluding hydrogens is 164 g/mol. The predicted molar refractivity (Wildman–Crippen MR) is 43.3 cm³/mol. The van der Waals surface area contributed by atoms with Gasteiger partial charge in [0, 0.05) is 0 Å². The Morgan fingerprint density at radius 1 is 1.55 bits per heavy atom. The van der Waals surface area contributed by atoms with Crippen LogP contribution in [0.5, 0.6) is 0 Å². The highest BCUT2D eigenvalue weighted by molar-refractivity contribution is 7.74. The highest BCUT2D eigenvalue weighted by Gasteiger charge is 1.81. The summed E-state index contributed by atoms with van der Waals surface area (Å²) in [6.07, 6.45) is 7.23. The third-order valence-corrected chi connectivity index (χ3v) is 1.47. The van der Waals surface area contributed by atoms with E-state index in [0.29, 0.717) is 0 Å². The molecule has 0 aliphatic heterocycles. The van der Waals surface area contributed by atoms with Gasteiger partial charge in [-0.05, 0) is 18.9 Å². The lowest BCUT2D eigenvalue weighted by Gasteiger charge is -1.99. The van der Waals surface area contributed by atoms with E-state index in [1.165, 1.54) is 19.1 Å². The minimum Gasteiger partial charge on any atom is -0.740 e. The van der Waals surface area contributed by atoms with Crippen molar-refractivity contribution in [1.29, 1.82) is 0 Å². The van der Waals surface area contributed by atoms with Gasteiger partial charge in [-0.1, -0.05) is 19.8 Å². The Kier molecular flexibility index (Phi) is 7.51. The third kappa shape index (κ3) is 9.65. The van der Waals surface area contributed by atoms with Crippen LogP contribution in [0.3, 0.4) is 0 Å². The summed E-state index contributed by atoms with van der Waals surface area (Å²) in [6, 6.07) is 0. The largest absolute Gasteiger partial charge is 0.740 e. The maximum Gasteiger partial charge on any atom is 0.138 e. The lowest BCUT2D eigenvalue weighted by Crippen LogP contribution is -1.85. The van der Waals surface area contributed by atoms with E-state index in [0.717, 1.165) is 12.8 Å². The first-order valence-electron chi connectivity index (χ1n) is 3.68. The van der Waals surface area contributed by atoms with Crippen LogP contribution >= 0.6 is 0 Å². The van der Waals surface area contributed by atoms with Crippen LogP contribution in [0.15, 0.2) is 12.3 Å². The van der Waals surface area contributed by atoms with Crippen molar-refractivity contribution in [3.8, 4) is 0 Å². The van der Waals surface area contributed by atoms with Gasteiger partial charge in [0.05, 0.1) is 6.26 Å². The fraction of sp³-hybridized carbons (Fsp3) is 0.714. The van der Waals surface area contributed by atoms with Gasteiger partial charge >= 0.3 is 0 Å². The smallest absolute Gasteiger partial charge is 0.138 e. The van der Waals surface area contributed by atoms with Gasteiger partial charge in [-0.25, -0.2) is 4.21 Å². The molecule has 0 spiro atoms. The van der Waals surface area contributed by atoms with Crippen LogP contribution in [-0.2, 0) is 15.5 Å². The molecule has 0 aliphatic rings. The standard InChI is InChI=1S/C7H14O3S/c1-2-3-4-5-6-7-10-11(8)9/h6-7H,2-5H2,1H3,(H,8,9)/p-1. The molecule has 3 nitrogen and oxygen atoms in total. The second-order valence-corrected chi connectivity index (χ2v) is 2.77. The molecule has 0 radical (unpaired) electrons. The summed E-state index contributed by atoms with van der Waals surface area (Å²) >= 11 is -2.41. The van der Waals surface area contributed by atoms with E-state index >= 15 is 0 Å². The number of hydrogen-bond acceptors (Lipinski definition) is 3. The summed E-state index contributed by atoms with van der Waals surface area (Å²) < 4.78 is 23.8. The Morgan fingerprint density at radius 2 is 2.27 bits per heavy atom. The summed E-state index contributed by atoms with van der Waals surface area (Å²) in [5, 5.41) is 0. The molecule has 0 saturated carbocycles. The molecule has 1 unspecified atom stereocenters. The summed E-state index contributed by atoms with van der Waals surface area (Å²) in [5.74, 6) is 0. The van der Waals surface area contributed by atoms with Gasteiger partial charge in [-0.3, -0.25) is 0 Å². The highest BCUT2D eigenvalue weighted by atomic mass is 32.2. The fourth-order valence-corrected chi connectivity index (χ4v) is 0.834. The Bertz CT molecular complexity index is 134. The SMILES string of the molecule is CCCCCC=COS(=O)[O-]. The maximum absolute atomic E-state index is 9.81. The van der Waals surface area contributed by atoms with Gasteiger partial charge < -0.3 is 8.74 Å². The topological polar surface area (TPSA) is 49.4 Å². The van der Waals surface area contributed by atoms with Crippen LogP contribution in [0.2, 0.25) is 0 Å². The minimum absolute atomic E-state index is 0.880. The van der Waals surface area contributed by atoms with E-state index in [4.69, 9.17) is 0 Å². The molecule has 4 heteroatoms. The second-order valence-electron chi connectivity index (χ2n) is 2.17. The Balaban J connectivity index is 3.10. The number of allylic oxidation sites excluding steroid dienone is 1. The highest BCUT2D eigenvalue weighted by Crippen LogP contribution is 1.99. The van der Waals surface area contributed by atoms with Gasteiger partial charge in [0.15, 0.2) is 0 Å². The van der Waals surface area contributed by atoms with Crippen molar-refractivity contribution >= 4 is 11.4 Å². The Labute approximate surface area is 69.9 Å². The molecule has 0 rings (SSSR count). The zero-order valence-corrected chi connectivity index (χ0v) is 7.43. The normalized spacial score (nSPS) is 13.6. The Morgan fingerprint density at radius 3 is 2.82 bits per heavy atom. The molecule has 0 bridgehead atoms. The van der Waals surface area contributed by atoms with E-state index in [-0.39, 0.29) is 0 Å². The molecule has 0 aromatic heterocycles. The average Bonchev–Trinajstić information content (AvgIpc) is 1.96. The quantitative estimate of drug-likeness (QED) is 0.353. The number of unbranched alkanes of at least 4 members (excludes halogenated alkanes) is 3. The first-order chi connectivity index (χ1) is 5.27. The van der Waals surface area contributed by atoms with Crippen LogP contribution in [0, 0.1) is 0 Å². The van der Waals surface area contributed by atoms with Gasteiger partial charge in [0.25, 0.3) is 0 Å². The van der Waals surface area contributed by atoms with Crippen LogP contribution in [0.4, 0.5) is 0 Å². The lowest BCUT2D eigenvalue weighted by molar-refractivity contribution is 0.404. The molecule has 1 atom stereocenters. The van der Waals surface area contributed by atoms with E-state index in [2.05, 4.69) is 11.1 Å². The van der Waals surface area contributed by atoms with Gasteiger partial charge in [0.1, 0.15) is 11.4 Å². The minimum atomic E-state index is -2.41. The van der Waals surface area contributed by atoms with Crippen molar-refractivity contribution < 1.29 is 12.9 Å². The lowest BCUT2D eigenvalue weighted by atomic mass is 10.2. The van der Waals surface area contributed by atoms with Gasteiger partial charge in [0.2, 0.25) is 0 Å². The molecule has 0 heterocycles. The summed E-state index contributed by atoms with van der Waals surface area (Å²) in [5.41, 5.74) is 0. The summed E-state index contributed by atoms with van der Waals surface area (Å²) in [4.78, 5) is 0. The van der Waals surface area contributed by atoms with E-state index < -0.39 is 11.4 Å². The van der Waals surface area contributed by atoms with Gasteiger partial charge in [-0.15, -0.1) is 0 Å². The fourth-order valence-electron chi connectivity index (χ4n) is 0.665.